The Balaban J connectivity index is 0.000000980. The van der Waals surface area contributed by atoms with E-state index in [4.69, 9.17) is 5.11 Å². The molecule has 1 N–H and O–H groups in total. The smallest absolute Gasteiger partial charge is 0.339 e. The monoisotopic (exact) mass is 199 g/mol. The topological polar surface area (TPSA) is 54.6 Å². The van der Waals surface area contributed by atoms with Crippen LogP contribution in [0.5, 0.6) is 0 Å². The fourth-order valence-corrected chi connectivity index (χ4v) is 1.30. The summed E-state index contributed by atoms with van der Waals surface area (Å²) in [5.41, 5.74) is 1.54. The molecule has 0 spiro atoms. The molecule has 0 aromatic carbocycles. The zero-order chi connectivity index (χ0) is 9.42. The molecule has 14 heavy (non-hydrogen) atoms. The molecule has 0 saturated carbocycles. The number of imidazole rings is 1. The van der Waals surface area contributed by atoms with Crippen LogP contribution in [0.3, 0.4) is 0 Å². The van der Waals surface area contributed by atoms with Crippen LogP contribution in [0.25, 0.3) is 5.65 Å². The number of nitrogens with zero attached hydrogens (tertiary/aromatic N) is 2. The van der Waals surface area contributed by atoms with Crippen molar-refractivity contribution in [1.29, 1.82) is 0 Å². The van der Waals surface area contributed by atoms with Crippen molar-refractivity contribution < 1.29 is 9.90 Å². The third-order valence-corrected chi connectivity index (χ3v) is 1.83. The van der Waals surface area contributed by atoms with E-state index in [1.807, 2.05) is 6.92 Å². The summed E-state index contributed by atoms with van der Waals surface area (Å²) >= 11 is 0. The number of aromatic carboxylic acids is 1. The van der Waals surface area contributed by atoms with Gasteiger partial charge in [0.15, 0.2) is 5.65 Å². The fourth-order valence-electron chi connectivity index (χ4n) is 1.30. The van der Waals surface area contributed by atoms with Crippen LogP contribution < -0.4 is 0 Å². The quantitative estimate of drug-likeness (QED) is 0.696. The number of rotatable bonds is 1. The molecule has 0 aliphatic heterocycles. The van der Waals surface area contributed by atoms with Gasteiger partial charge in [-0.2, -0.15) is 0 Å². The molecule has 2 rings (SSSR count). The summed E-state index contributed by atoms with van der Waals surface area (Å²) in [6, 6.07) is 3.24. The molecule has 0 aliphatic rings. The van der Waals surface area contributed by atoms with Gasteiger partial charge in [0, 0.05) is 42.0 Å². The maximum Gasteiger partial charge on any atom is 0.339 e. The van der Waals surface area contributed by atoms with E-state index in [1.165, 1.54) is 0 Å². The van der Waals surface area contributed by atoms with Crippen molar-refractivity contribution in [3.05, 3.63) is 35.8 Å². The van der Waals surface area contributed by atoms with Crippen LogP contribution in [0.1, 0.15) is 16.1 Å². The molecule has 0 fully saturated rings. The van der Waals surface area contributed by atoms with E-state index in [1.54, 1.807) is 28.9 Å². The Morgan fingerprint density at radius 1 is 1.57 bits per heavy atom. The van der Waals surface area contributed by atoms with E-state index in [-0.39, 0.29) is 35.1 Å². The van der Waals surface area contributed by atoms with Gasteiger partial charge < -0.3 is 9.51 Å². The summed E-state index contributed by atoms with van der Waals surface area (Å²) in [5.74, 6) is -0.948. The molecule has 0 aliphatic carbocycles. The van der Waals surface area contributed by atoms with Gasteiger partial charge in [0.1, 0.15) is 5.56 Å². The van der Waals surface area contributed by atoms with Crippen molar-refractivity contribution in [2.24, 2.45) is 0 Å². The average Bonchev–Trinajstić information content (AvgIpc) is 2.43. The zero-order valence-corrected chi connectivity index (χ0v) is 10.1. The molecule has 2 aromatic rings. The molecule has 0 atom stereocenters. The van der Waals surface area contributed by atoms with Gasteiger partial charge in [0.2, 0.25) is 0 Å². The predicted molar refractivity (Wildman–Crippen MR) is 52.6 cm³/mol. The molecule has 2 aromatic heterocycles. The van der Waals surface area contributed by atoms with Gasteiger partial charge in [-0.25, -0.2) is 9.78 Å². The standard InChI is InChI=1S/C9H8N2O2.Na/c1-6-5-11-4-2-3-7(9(12)13)8(11)10-6;/h2-5H,1H3,(H,12,13);. The van der Waals surface area contributed by atoms with Crippen molar-refractivity contribution in [2.75, 3.05) is 0 Å². The summed E-state index contributed by atoms with van der Waals surface area (Å²) in [5, 5.41) is 8.84. The van der Waals surface area contributed by atoms with Gasteiger partial charge in [-0.15, -0.1) is 0 Å². The maximum atomic E-state index is 10.8. The molecular weight excluding hydrogens is 191 g/mol. The van der Waals surface area contributed by atoms with Crippen LogP contribution in [0.2, 0.25) is 0 Å². The van der Waals surface area contributed by atoms with E-state index < -0.39 is 5.97 Å². The number of fused-ring (bicyclic) bond motifs is 1. The normalized spacial score (nSPS) is 9.79. The average molecular weight is 199 g/mol. The molecule has 4 nitrogen and oxygen atoms in total. The summed E-state index contributed by atoms with van der Waals surface area (Å²) in [6.45, 7) is 1.83. The second-order valence-corrected chi connectivity index (χ2v) is 2.84. The number of aromatic nitrogens is 2. The molecule has 0 bridgehead atoms. The fraction of sp³-hybridized carbons (Fsp3) is 0.111. The van der Waals surface area contributed by atoms with Crippen LogP contribution in [0, 0.1) is 6.92 Å². The van der Waals surface area contributed by atoms with Crippen LogP contribution in [0.15, 0.2) is 24.5 Å². The molecule has 0 amide bonds. The number of pyridine rings is 1. The van der Waals surface area contributed by atoms with Crippen molar-refractivity contribution >= 4 is 41.2 Å². The molecule has 1 radical (unpaired) electrons. The first-order chi connectivity index (χ1) is 6.18. The van der Waals surface area contributed by atoms with E-state index in [9.17, 15) is 4.79 Å². The molecule has 2 heterocycles. The Bertz CT molecular complexity index is 479. The Morgan fingerprint density at radius 2 is 2.29 bits per heavy atom. The number of carboxylic acid groups (broad SMARTS) is 1. The molecule has 5 heteroatoms. The zero-order valence-electron chi connectivity index (χ0n) is 8.06. The number of hydrogen-bond donors (Lipinski definition) is 1. The Hall–Kier alpha value is -0.840. The first-order valence-electron chi connectivity index (χ1n) is 3.86. The van der Waals surface area contributed by atoms with Crippen molar-refractivity contribution in [2.45, 2.75) is 6.92 Å². The van der Waals surface area contributed by atoms with Crippen LogP contribution in [-0.4, -0.2) is 50.0 Å². The van der Waals surface area contributed by atoms with Crippen LogP contribution in [0.4, 0.5) is 0 Å². The Labute approximate surface area is 103 Å². The third kappa shape index (κ3) is 1.82. The van der Waals surface area contributed by atoms with Crippen LogP contribution >= 0.6 is 0 Å². The van der Waals surface area contributed by atoms with Gasteiger partial charge >= 0.3 is 5.97 Å². The second kappa shape index (κ2) is 4.13. The van der Waals surface area contributed by atoms with Gasteiger partial charge in [-0.1, -0.05) is 0 Å². The van der Waals surface area contributed by atoms with E-state index in [0.29, 0.717) is 5.65 Å². The minimum Gasteiger partial charge on any atom is -0.478 e. The Morgan fingerprint density at radius 3 is 2.93 bits per heavy atom. The summed E-state index contributed by atoms with van der Waals surface area (Å²) in [6.07, 6.45) is 3.57. The largest absolute Gasteiger partial charge is 0.478 e. The number of aryl methyl sites for hydroxylation is 1. The molecule has 67 valence electrons. The van der Waals surface area contributed by atoms with Crippen molar-refractivity contribution in [3.63, 3.8) is 0 Å². The SMILES string of the molecule is Cc1cn2cccc(C(=O)O)c2n1.[Na]. The Kier molecular flexibility index (Phi) is 3.31. The van der Waals surface area contributed by atoms with Gasteiger partial charge in [-0.05, 0) is 19.1 Å². The van der Waals surface area contributed by atoms with Gasteiger partial charge in [0.25, 0.3) is 0 Å². The minimum atomic E-state index is -0.948. The molecule has 0 saturated heterocycles. The van der Waals surface area contributed by atoms with Crippen molar-refractivity contribution in [1.82, 2.24) is 9.38 Å². The predicted octanol–water partition coefficient (Wildman–Crippen LogP) is 0.960. The third-order valence-electron chi connectivity index (χ3n) is 1.83. The van der Waals surface area contributed by atoms with Gasteiger partial charge in [0.05, 0.1) is 5.69 Å². The first kappa shape index (κ1) is 11.2. The summed E-state index contributed by atoms with van der Waals surface area (Å²) < 4.78 is 1.71. The minimum absolute atomic E-state index is 0. The van der Waals surface area contributed by atoms with Crippen LogP contribution in [-0.2, 0) is 0 Å². The van der Waals surface area contributed by atoms with E-state index in [0.717, 1.165) is 5.69 Å². The second-order valence-electron chi connectivity index (χ2n) is 2.84. The first-order valence-corrected chi connectivity index (χ1v) is 3.86. The molecule has 0 unspecified atom stereocenters. The molecular formula is C9H8N2NaO2. The number of hydrogen-bond acceptors (Lipinski definition) is 2. The van der Waals surface area contributed by atoms with Crippen molar-refractivity contribution in [3.8, 4) is 0 Å². The van der Waals surface area contributed by atoms with E-state index in [2.05, 4.69) is 4.98 Å². The summed E-state index contributed by atoms with van der Waals surface area (Å²) in [7, 11) is 0. The number of carboxylic acids is 1. The van der Waals surface area contributed by atoms with E-state index >= 15 is 0 Å². The number of carbonyl (C=O) groups is 1. The summed E-state index contributed by atoms with van der Waals surface area (Å²) in [4.78, 5) is 14.9. The maximum absolute atomic E-state index is 10.8. The van der Waals surface area contributed by atoms with Gasteiger partial charge in [-0.3, -0.25) is 0 Å².